The van der Waals surface area contributed by atoms with Crippen molar-refractivity contribution in [2.75, 3.05) is 19.5 Å². The molecule has 3 rings (SSSR count). The first-order valence-electron chi connectivity index (χ1n) is 10.2. The van der Waals surface area contributed by atoms with E-state index in [-0.39, 0.29) is 12.5 Å². The molecule has 10 heteroatoms. The van der Waals surface area contributed by atoms with E-state index in [0.29, 0.717) is 19.4 Å². The SMILES string of the molecule is CSc1ccc(Cc2c(O[C@@H]3O[C@H](CO)[C@@H](O)[C@H](O)[C@H]3O)nn(CCCO)c2C)cc1. The van der Waals surface area contributed by atoms with E-state index in [0.717, 1.165) is 21.7 Å². The van der Waals surface area contributed by atoms with Gasteiger partial charge in [-0.3, -0.25) is 4.68 Å². The molecule has 0 aliphatic carbocycles. The smallest absolute Gasteiger partial charge is 0.239 e. The average molecular weight is 455 g/mol. The molecule has 0 spiro atoms. The number of hydrogen-bond acceptors (Lipinski definition) is 9. The largest absolute Gasteiger partial charge is 0.443 e. The minimum Gasteiger partial charge on any atom is -0.443 e. The number of nitrogens with zero attached hydrogens (tertiary/aromatic N) is 2. The topological polar surface area (TPSA) is 137 Å². The summed E-state index contributed by atoms with van der Waals surface area (Å²) >= 11 is 1.66. The molecule has 0 unspecified atom stereocenters. The van der Waals surface area contributed by atoms with Crippen LogP contribution in [-0.2, 0) is 17.7 Å². The summed E-state index contributed by atoms with van der Waals surface area (Å²) in [5, 5.41) is 53.4. The van der Waals surface area contributed by atoms with Crippen LogP contribution in [-0.4, -0.2) is 85.5 Å². The summed E-state index contributed by atoms with van der Waals surface area (Å²) in [6.45, 7) is 1.87. The van der Waals surface area contributed by atoms with Gasteiger partial charge in [0, 0.05) is 35.7 Å². The van der Waals surface area contributed by atoms with Crippen LogP contribution in [0.3, 0.4) is 0 Å². The predicted molar refractivity (Wildman–Crippen MR) is 114 cm³/mol. The maximum absolute atomic E-state index is 10.3. The van der Waals surface area contributed by atoms with Crippen LogP contribution in [0.15, 0.2) is 29.2 Å². The van der Waals surface area contributed by atoms with E-state index in [9.17, 15) is 25.5 Å². The molecule has 0 radical (unpaired) electrons. The Balaban J connectivity index is 1.88. The van der Waals surface area contributed by atoms with E-state index in [4.69, 9.17) is 9.47 Å². The lowest BCUT2D eigenvalue weighted by atomic mass is 9.99. The van der Waals surface area contributed by atoms with Gasteiger partial charge in [-0.1, -0.05) is 12.1 Å². The van der Waals surface area contributed by atoms with E-state index in [1.54, 1.807) is 16.4 Å². The van der Waals surface area contributed by atoms with Crippen LogP contribution in [0.2, 0.25) is 0 Å². The van der Waals surface area contributed by atoms with Crippen molar-refractivity contribution >= 4 is 11.8 Å². The number of hydrogen-bond donors (Lipinski definition) is 5. The van der Waals surface area contributed by atoms with Gasteiger partial charge in [0.15, 0.2) is 0 Å². The Morgan fingerprint density at radius 2 is 1.81 bits per heavy atom. The molecule has 1 aromatic carbocycles. The zero-order valence-electron chi connectivity index (χ0n) is 17.6. The van der Waals surface area contributed by atoms with Crippen LogP contribution in [0.5, 0.6) is 5.88 Å². The fourth-order valence-corrected chi connectivity index (χ4v) is 3.92. The molecular weight excluding hydrogens is 424 g/mol. The van der Waals surface area contributed by atoms with Crippen molar-refractivity contribution in [1.82, 2.24) is 9.78 Å². The minimum atomic E-state index is -1.53. The summed E-state index contributed by atoms with van der Waals surface area (Å²) in [5.74, 6) is 0.230. The van der Waals surface area contributed by atoms with Crippen molar-refractivity contribution in [3.8, 4) is 5.88 Å². The molecular formula is C21H30N2O7S. The second-order valence-corrected chi connectivity index (χ2v) is 8.39. The lowest BCUT2D eigenvalue weighted by molar-refractivity contribution is -0.278. The first-order chi connectivity index (χ1) is 14.9. The first-order valence-corrected chi connectivity index (χ1v) is 11.4. The molecule has 2 heterocycles. The molecule has 2 aromatic rings. The molecule has 1 fully saturated rings. The second kappa shape index (κ2) is 10.8. The highest BCUT2D eigenvalue weighted by molar-refractivity contribution is 7.98. The molecule has 31 heavy (non-hydrogen) atoms. The van der Waals surface area contributed by atoms with Gasteiger partial charge >= 0.3 is 0 Å². The van der Waals surface area contributed by atoms with Crippen LogP contribution in [0.25, 0.3) is 0 Å². The average Bonchev–Trinajstić information content (AvgIpc) is 3.07. The molecule has 0 saturated carbocycles. The summed E-state index contributed by atoms with van der Waals surface area (Å²) in [4.78, 5) is 1.15. The van der Waals surface area contributed by atoms with Crippen molar-refractivity contribution < 1.29 is 35.0 Å². The summed E-state index contributed by atoms with van der Waals surface area (Å²) in [7, 11) is 0. The Morgan fingerprint density at radius 3 is 2.42 bits per heavy atom. The highest BCUT2D eigenvalue weighted by Crippen LogP contribution is 2.30. The summed E-state index contributed by atoms with van der Waals surface area (Å²) in [6.07, 6.45) is -3.84. The van der Waals surface area contributed by atoms with Crippen LogP contribution in [0.1, 0.15) is 23.2 Å². The molecule has 172 valence electrons. The van der Waals surface area contributed by atoms with Gasteiger partial charge < -0.3 is 35.0 Å². The van der Waals surface area contributed by atoms with Gasteiger partial charge in [0.2, 0.25) is 12.2 Å². The Bertz CT molecular complexity index is 843. The van der Waals surface area contributed by atoms with E-state index >= 15 is 0 Å². The Labute approximate surface area is 185 Å². The van der Waals surface area contributed by atoms with Gasteiger partial charge in [-0.25, -0.2) is 0 Å². The summed E-state index contributed by atoms with van der Waals surface area (Å²) in [5.41, 5.74) is 2.68. The van der Waals surface area contributed by atoms with Gasteiger partial charge in [0.25, 0.3) is 0 Å². The zero-order chi connectivity index (χ0) is 22.5. The van der Waals surface area contributed by atoms with Crippen LogP contribution < -0.4 is 4.74 Å². The van der Waals surface area contributed by atoms with Gasteiger partial charge in [0.05, 0.1) is 6.61 Å². The van der Waals surface area contributed by atoms with E-state index in [2.05, 4.69) is 5.10 Å². The first kappa shape index (κ1) is 24.0. The quantitative estimate of drug-likeness (QED) is 0.333. The normalized spacial score (nSPS) is 26.2. The predicted octanol–water partition coefficient (Wildman–Crippen LogP) is 0.0653. The Morgan fingerprint density at radius 1 is 1.10 bits per heavy atom. The van der Waals surface area contributed by atoms with Crippen molar-refractivity contribution in [3.05, 3.63) is 41.1 Å². The maximum atomic E-state index is 10.3. The van der Waals surface area contributed by atoms with Gasteiger partial charge in [0.1, 0.15) is 24.4 Å². The molecule has 5 atom stereocenters. The lowest BCUT2D eigenvalue weighted by Crippen LogP contribution is -2.60. The molecule has 0 bridgehead atoms. The fraction of sp³-hybridized carbons (Fsp3) is 0.571. The number of ether oxygens (including phenoxy) is 2. The zero-order valence-corrected chi connectivity index (χ0v) is 18.4. The highest BCUT2D eigenvalue weighted by atomic mass is 32.2. The van der Waals surface area contributed by atoms with Gasteiger partial charge in [-0.15, -0.1) is 16.9 Å². The van der Waals surface area contributed by atoms with Crippen molar-refractivity contribution in [2.45, 2.75) is 61.9 Å². The van der Waals surface area contributed by atoms with Gasteiger partial charge in [-0.2, -0.15) is 0 Å². The van der Waals surface area contributed by atoms with E-state index < -0.39 is 37.3 Å². The van der Waals surface area contributed by atoms with Crippen LogP contribution in [0.4, 0.5) is 0 Å². The van der Waals surface area contributed by atoms with E-state index in [1.165, 1.54) is 0 Å². The third-order valence-electron chi connectivity index (χ3n) is 5.44. The maximum Gasteiger partial charge on any atom is 0.239 e. The number of thioether (sulfide) groups is 1. The minimum absolute atomic E-state index is 0.0215. The van der Waals surface area contributed by atoms with Crippen molar-refractivity contribution in [3.63, 3.8) is 0 Å². The van der Waals surface area contributed by atoms with Crippen molar-refractivity contribution in [2.24, 2.45) is 0 Å². The molecule has 0 amide bonds. The van der Waals surface area contributed by atoms with Crippen LogP contribution >= 0.6 is 11.8 Å². The monoisotopic (exact) mass is 454 g/mol. The number of rotatable bonds is 9. The standard InChI is InChI=1S/C21H30N2O7S/c1-12-15(10-13-4-6-14(31-2)7-5-13)20(22-23(12)8-3-9-24)30-21-19(28)18(27)17(26)16(11-25)29-21/h4-7,16-19,21,24-28H,3,8-11H2,1-2H3/t16-,17-,18+,19-,21+/m1/s1. The number of aryl methyl sites for hydroxylation is 1. The molecule has 1 aliphatic rings. The fourth-order valence-electron chi connectivity index (χ4n) is 3.51. The number of aliphatic hydroxyl groups is 5. The molecule has 1 saturated heterocycles. The van der Waals surface area contributed by atoms with Crippen molar-refractivity contribution in [1.29, 1.82) is 0 Å². The number of aromatic nitrogens is 2. The number of benzene rings is 1. The second-order valence-electron chi connectivity index (χ2n) is 7.51. The highest BCUT2D eigenvalue weighted by Gasteiger charge is 2.45. The molecule has 9 nitrogen and oxygen atoms in total. The molecule has 1 aromatic heterocycles. The molecule has 1 aliphatic heterocycles. The summed E-state index contributed by atoms with van der Waals surface area (Å²) < 4.78 is 13.1. The van der Waals surface area contributed by atoms with E-state index in [1.807, 2.05) is 37.4 Å². The third-order valence-corrected chi connectivity index (χ3v) is 6.18. The third kappa shape index (κ3) is 5.40. The Hall–Kier alpha value is -1.66. The Kier molecular flexibility index (Phi) is 8.34. The lowest BCUT2D eigenvalue weighted by Gasteiger charge is -2.39. The number of aliphatic hydroxyl groups excluding tert-OH is 5. The van der Waals surface area contributed by atoms with Crippen LogP contribution in [0, 0.1) is 6.92 Å². The summed E-state index contributed by atoms with van der Waals surface area (Å²) in [6, 6.07) is 8.11. The van der Waals surface area contributed by atoms with Gasteiger partial charge in [-0.05, 0) is 37.3 Å². The molecule has 5 N–H and O–H groups in total.